The number of ether oxygens (including phenoxy) is 2. The van der Waals surface area contributed by atoms with Crippen molar-refractivity contribution in [3.63, 3.8) is 0 Å². The Morgan fingerprint density at radius 2 is 1.97 bits per heavy atom. The second-order valence-corrected chi connectivity index (χ2v) is 6.86. The molecule has 0 amide bonds. The summed E-state index contributed by atoms with van der Waals surface area (Å²) >= 11 is 0. The van der Waals surface area contributed by atoms with Gasteiger partial charge in [-0.15, -0.1) is 37.1 Å². The number of halogens is 4. The van der Waals surface area contributed by atoms with Crippen molar-refractivity contribution in [2.75, 3.05) is 45.9 Å². The van der Waals surface area contributed by atoms with Crippen molar-refractivity contribution in [2.24, 2.45) is 4.99 Å². The summed E-state index contributed by atoms with van der Waals surface area (Å²) in [6.07, 6.45) is -3.68. The molecule has 0 saturated carbocycles. The summed E-state index contributed by atoms with van der Waals surface area (Å²) in [7, 11) is 0. The third-order valence-corrected chi connectivity index (χ3v) is 4.96. The molecule has 0 radical (unpaired) electrons. The highest BCUT2D eigenvalue weighted by Gasteiger charge is 2.32. The van der Waals surface area contributed by atoms with Crippen molar-refractivity contribution in [3.8, 4) is 5.75 Å². The van der Waals surface area contributed by atoms with Gasteiger partial charge >= 0.3 is 6.36 Å². The lowest BCUT2D eigenvalue weighted by Gasteiger charge is -2.32. The molecule has 0 spiro atoms. The molecule has 2 aliphatic heterocycles. The highest BCUT2D eigenvalue weighted by atomic mass is 127. The van der Waals surface area contributed by atoms with Gasteiger partial charge in [0.05, 0.1) is 19.8 Å². The lowest BCUT2D eigenvalue weighted by molar-refractivity contribution is -0.274. The largest absolute Gasteiger partial charge is 0.573 e. The summed E-state index contributed by atoms with van der Waals surface area (Å²) in [4.78, 5) is 9.20. The van der Waals surface area contributed by atoms with Gasteiger partial charge in [0.1, 0.15) is 5.75 Å². The zero-order valence-electron chi connectivity index (χ0n) is 16.5. The van der Waals surface area contributed by atoms with Crippen LogP contribution in [0, 0.1) is 0 Å². The zero-order chi connectivity index (χ0) is 20.0. The Labute approximate surface area is 186 Å². The average molecular weight is 528 g/mol. The van der Waals surface area contributed by atoms with Gasteiger partial charge in [-0.1, -0.05) is 18.2 Å². The number of aliphatic imine (C=N–C) groups is 1. The molecule has 0 aromatic heterocycles. The second-order valence-electron chi connectivity index (χ2n) is 6.86. The maximum atomic E-state index is 12.6. The van der Waals surface area contributed by atoms with Crippen molar-refractivity contribution in [1.29, 1.82) is 0 Å². The fraction of sp³-hybridized carbons (Fsp3) is 0.632. The van der Waals surface area contributed by atoms with Crippen LogP contribution in [0.2, 0.25) is 0 Å². The van der Waals surface area contributed by atoms with Crippen LogP contribution in [-0.2, 0) is 11.3 Å². The molecule has 29 heavy (non-hydrogen) atoms. The summed E-state index contributed by atoms with van der Waals surface area (Å²) in [5, 5.41) is 3.26. The Hall–Kier alpha value is -1.27. The van der Waals surface area contributed by atoms with Crippen molar-refractivity contribution in [2.45, 2.75) is 32.3 Å². The molecule has 2 saturated heterocycles. The monoisotopic (exact) mass is 528 g/mol. The van der Waals surface area contributed by atoms with Crippen LogP contribution in [0.4, 0.5) is 13.2 Å². The van der Waals surface area contributed by atoms with Gasteiger partial charge in [0, 0.05) is 44.3 Å². The zero-order valence-corrected chi connectivity index (χ0v) is 18.8. The number of hydrogen-bond acceptors (Lipinski definition) is 4. The smallest absolute Gasteiger partial charge is 0.405 e. The lowest BCUT2D eigenvalue weighted by Crippen LogP contribution is -2.46. The summed E-state index contributed by atoms with van der Waals surface area (Å²) in [6.45, 7) is 7.92. The molecule has 0 aliphatic carbocycles. The summed E-state index contributed by atoms with van der Waals surface area (Å²) in [5.74, 6) is 0.516. The van der Waals surface area contributed by atoms with E-state index in [9.17, 15) is 13.2 Å². The Bertz CT molecular complexity index is 669. The van der Waals surface area contributed by atoms with E-state index in [2.05, 4.69) is 24.8 Å². The molecule has 2 heterocycles. The Morgan fingerprint density at radius 3 is 2.66 bits per heavy atom. The molecule has 0 bridgehead atoms. The van der Waals surface area contributed by atoms with E-state index >= 15 is 0 Å². The highest BCUT2D eigenvalue weighted by molar-refractivity contribution is 14.0. The van der Waals surface area contributed by atoms with Crippen molar-refractivity contribution in [1.82, 2.24) is 15.1 Å². The number of nitrogens with one attached hydrogen (secondary N) is 1. The standard InChI is InChI=1S/C19H27F3N4O2.HI/c1-2-23-18(26-8-7-16(14-26)25-9-11-27-12-10-25)24-13-15-5-3-4-6-17(15)28-19(20,21)22;/h3-6,16H,2,7-14H2,1H3,(H,23,24);1H. The molecule has 164 valence electrons. The van der Waals surface area contributed by atoms with Crippen LogP contribution in [-0.4, -0.2) is 74.1 Å². The van der Waals surface area contributed by atoms with Crippen LogP contribution < -0.4 is 10.1 Å². The number of para-hydroxylation sites is 1. The molecule has 1 atom stereocenters. The first-order valence-corrected chi connectivity index (χ1v) is 9.65. The third kappa shape index (κ3) is 7.18. The van der Waals surface area contributed by atoms with Crippen molar-refractivity contribution in [3.05, 3.63) is 29.8 Å². The molecular formula is C19H28F3IN4O2. The first-order chi connectivity index (χ1) is 13.5. The van der Waals surface area contributed by atoms with Crippen molar-refractivity contribution < 1.29 is 22.6 Å². The van der Waals surface area contributed by atoms with Gasteiger partial charge in [-0.2, -0.15) is 0 Å². The van der Waals surface area contributed by atoms with Gasteiger partial charge in [0.15, 0.2) is 5.96 Å². The van der Waals surface area contributed by atoms with Gasteiger partial charge in [-0.05, 0) is 19.4 Å². The fourth-order valence-electron chi connectivity index (χ4n) is 3.62. The molecule has 1 aromatic carbocycles. The fourth-order valence-corrected chi connectivity index (χ4v) is 3.62. The highest BCUT2D eigenvalue weighted by Crippen LogP contribution is 2.27. The number of hydrogen-bond donors (Lipinski definition) is 1. The molecule has 3 rings (SSSR count). The predicted octanol–water partition coefficient (Wildman–Crippen LogP) is 3.08. The molecule has 1 unspecified atom stereocenters. The minimum atomic E-state index is -4.72. The van der Waals surface area contributed by atoms with Gasteiger partial charge in [0.2, 0.25) is 0 Å². The van der Waals surface area contributed by atoms with Crippen molar-refractivity contribution >= 4 is 29.9 Å². The van der Waals surface area contributed by atoms with Crippen LogP contribution >= 0.6 is 24.0 Å². The molecular weight excluding hydrogens is 500 g/mol. The minimum Gasteiger partial charge on any atom is -0.405 e. The van der Waals surface area contributed by atoms with E-state index in [-0.39, 0.29) is 36.3 Å². The van der Waals surface area contributed by atoms with Gasteiger partial charge in [-0.3, -0.25) is 4.90 Å². The molecule has 6 nitrogen and oxygen atoms in total. The third-order valence-electron chi connectivity index (χ3n) is 4.96. The molecule has 10 heteroatoms. The van der Waals surface area contributed by atoms with Crippen LogP contribution in [0.5, 0.6) is 5.75 Å². The topological polar surface area (TPSA) is 49.3 Å². The lowest BCUT2D eigenvalue weighted by atomic mass is 10.2. The summed E-state index contributed by atoms with van der Waals surface area (Å²) < 4.78 is 47.4. The number of likely N-dealkylation sites (tertiary alicyclic amines) is 1. The first kappa shape index (κ1) is 24.0. The number of nitrogens with zero attached hydrogens (tertiary/aromatic N) is 3. The maximum absolute atomic E-state index is 12.6. The SMILES string of the molecule is CCNC(=NCc1ccccc1OC(F)(F)F)N1CCC(N2CCOCC2)C1.I. The first-order valence-electron chi connectivity index (χ1n) is 9.65. The van der Waals surface area contributed by atoms with E-state index in [1.165, 1.54) is 12.1 Å². The van der Waals surface area contributed by atoms with Gasteiger partial charge < -0.3 is 19.7 Å². The molecule has 1 aromatic rings. The Kier molecular flexibility index (Phi) is 9.28. The normalized spacial score (nSPS) is 21.0. The van der Waals surface area contributed by atoms with Gasteiger partial charge in [-0.25, -0.2) is 4.99 Å². The van der Waals surface area contributed by atoms with E-state index < -0.39 is 6.36 Å². The maximum Gasteiger partial charge on any atom is 0.573 e. The Morgan fingerprint density at radius 1 is 1.24 bits per heavy atom. The van der Waals surface area contributed by atoms with E-state index in [0.717, 1.165) is 51.8 Å². The minimum absolute atomic E-state index is 0. The van der Waals surface area contributed by atoms with Gasteiger partial charge in [0.25, 0.3) is 0 Å². The quantitative estimate of drug-likeness (QED) is 0.362. The molecule has 2 aliphatic rings. The number of alkyl halides is 3. The number of morpholine rings is 1. The molecule has 1 N–H and O–H groups in total. The molecule has 2 fully saturated rings. The van der Waals surface area contributed by atoms with Crippen LogP contribution in [0.1, 0.15) is 18.9 Å². The van der Waals surface area contributed by atoms with Crippen LogP contribution in [0.15, 0.2) is 29.3 Å². The van der Waals surface area contributed by atoms with Crippen LogP contribution in [0.25, 0.3) is 0 Å². The number of benzene rings is 1. The van der Waals surface area contributed by atoms with Crippen LogP contribution in [0.3, 0.4) is 0 Å². The van der Waals surface area contributed by atoms with E-state index in [1.807, 2.05) is 6.92 Å². The number of rotatable bonds is 5. The van der Waals surface area contributed by atoms with E-state index in [4.69, 9.17) is 4.74 Å². The summed E-state index contributed by atoms with van der Waals surface area (Å²) in [5.41, 5.74) is 0.402. The predicted molar refractivity (Wildman–Crippen MR) is 116 cm³/mol. The van der Waals surface area contributed by atoms with E-state index in [1.54, 1.807) is 12.1 Å². The second kappa shape index (κ2) is 11.2. The van der Waals surface area contributed by atoms with E-state index in [0.29, 0.717) is 18.2 Å². The summed E-state index contributed by atoms with van der Waals surface area (Å²) in [6, 6.07) is 6.58. The number of guanidine groups is 1. The average Bonchev–Trinajstić information content (AvgIpc) is 3.16. The Balaban J connectivity index is 0.00000300.